The molecule has 0 atom stereocenters. The molecule has 8 heteroatoms. The Labute approximate surface area is 118 Å². The average Bonchev–Trinajstić information content (AvgIpc) is 2.40. The summed E-state index contributed by atoms with van der Waals surface area (Å²) in [6.07, 6.45) is 0. The van der Waals surface area contributed by atoms with Crippen molar-refractivity contribution in [3.8, 4) is 5.75 Å². The van der Waals surface area contributed by atoms with Gasteiger partial charge in [-0.3, -0.25) is 10.1 Å². The molecule has 0 saturated heterocycles. The molecule has 1 aromatic heterocycles. The Bertz CT molecular complexity index is 666. The number of hydrogen-bond donors (Lipinski definition) is 1. The summed E-state index contributed by atoms with van der Waals surface area (Å²) in [5.74, 6) is -0.0444. The first-order valence-electron chi connectivity index (χ1n) is 5.42. The van der Waals surface area contributed by atoms with Crippen LogP contribution in [0.2, 0.25) is 5.15 Å². The third-order valence-corrected chi connectivity index (χ3v) is 2.62. The molecule has 0 fully saturated rings. The number of benzene rings is 1. The fourth-order valence-electron chi connectivity index (χ4n) is 1.52. The van der Waals surface area contributed by atoms with Gasteiger partial charge in [-0.15, -0.1) is 0 Å². The minimum atomic E-state index is -0.610. The van der Waals surface area contributed by atoms with E-state index < -0.39 is 10.7 Å². The lowest BCUT2D eigenvalue weighted by Gasteiger charge is -2.08. The van der Waals surface area contributed by atoms with Gasteiger partial charge in [0.05, 0.1) is 29.9 Å². The number of methoxy groups -OCH3 is 1. The van der Waals surface area contributed by atoms with E-state index in [-0.39, 0.29) is 22.3 Å². The van der Waals surface area contributed by atoms with Gasteiger partial charge in [0, 0.05) is 6.07 Å². The molecular weight excluding hydrogens is 289 g/mol. The monoisotopic (exact) mass is 297 g/mol. The molecule has 0 unspecified atom stereocenters. The summed E-state index contributed by atoms with van der Waals surface area (Å²) in [7, 11) is 1.44. The summed E-state index contributed by atoms with van der Waals surface area (Å²) in [4.78, 5) is 14.0. The van der Waals surface area contributed by atoms with Crippen molar-refractivity contribution in [2.45, 2.75) is 0 Å². The summed E-state index contributed by atoms with van der Waals surface area (Å²) in [5, 5.41) is 13.3. The van der Waals surface area contributed by atoms with E-state index in [4.69, 9.17) is 16.3 Å². The van der Waals surface area contributed by atoms with Crippen molar-refractivity contribution in [2.75, 3.05) is 12.4 Å². The van der Waals surface area contributed by atoms with Gasteiger partial charge in [0.25, 0.3) is 5.69 Å². The highest BCUT2D eigenvalue weighted by atomic mass is 35.5. The maximum atomic E-state index is 13.6. The zero-order valence-electron chi connectivity index (χ0n) is 10.3. The van der Waals surface area contributed by atoms with Gasteiger partial charge in [-0.05, 0) is 12.1 Å². The lowest BCUT2D eigenvalue weighted by molar-refractivity contribution is -0.384. The third kappa shape index (κ3) is 3.12. The Morgan fingerprint density at radius 3 is 2.80 bits per heavy atom. The molecule has 0 radical (unpaired) electrons. The van der Waals surface area contributed by atoms with Crippen LogP contribution in [0.5, 0.6) is 5.75 Å². The quantitative estimate of drug-likeness (QED) is 0.530. The number of nitrogens with one attached hydrogen (secondary N) is 1. The number of halogens is 2. The summed E-state index contributed by atoms with van der Waals surface area (Å²) >= 11 is 5.68. The van der Waals surface area contributed by atoms with Crippen LogP contribution in [0.15, 0.2) is 30.3 Å². The van der Waals surface area contributed by atoms with Gasteiger partial charge in [-0.1, -0.05) is 11.6 Å². The first kappa shape index (κ1) is 14.0. The van der Waals surface area contributed by atoms with Gasteiger partial charge in [-0.25, -0.2) is 9.37 Å². The molecule has 0 saturated carbocycles. The minimum Gasteiger partial charge on any atom is -0.497 e. The van der Waals surface area contributed by atoms with Crippen LogP contribution < -0.4 is 10.1 Å². The Morgan fingerprint density at radius 1 is 1.40 bits per heavy atom. The van der Waals surface area contributed by atoms with Gasteiger partial charge in [-0.2, -0.15) is 0 Å². The van der Waals surface area contributed by atoms with Crippen LogP contribution in [0.1, 0.15) is 0 Å². The number of hydrogen-bond acceptors (Lipinski definition) is 5. The smallest absolute Gasteiger partial charge is 0.276 e. The lowest BCUT2D eigenvalue weighted by atomic mass is 10.2. The van der Waals surface area contributed by atoms with Gasteiger partial charge in [0.15, 0.2) is 0 Å². The van der Waals surface area contributed by atoms with Crippen molar-refractivity contribution < 1.29 is 14.1 Å². The van der Waals surface area contributed by atoms with Gasteiger partial charge in [0.1, 0.15) is 22.5 Å². The molecule has 1 N–H and O–H groups in total. The van der Waals surface area contributed by atoms with Crippen molar-refractivity contribution in [2.24, 2.45) is 0 Å². The van der Waals surface area contributed by atoms with Crippen LogP contribution in [0, 0.1) is 15.9 Å². The van der Waals surface area contributed by atoms with Crippen LogP contribution in [0.25, 0.3) is 0 Å². The van der Waals surface area contributed by atoms with Crippen LogP contribution in [-0.4, -0.2) is 17.0 Å². The fraction of sp³-hybridized carbons (Fsp3) is 0.0833. The van der Waals surface area contributed by atoms with E-state index in [9.17, 15) is 14.5 Å². The molecule has 0 aliphatic carbocycles. The number of ether oxygens (including phenoxy) is 1. The molecule has 0 aliphatic rings. The van der Waals surface area contributed by atoms with Gasteiger partial charge >= 0.3 is 0 Å². The van der Waals surface area contributed by atoms with E-state index in [1.807, 2.05) is 0 Å². The van der Waals surface area contributed by atoms with Gasteiger partial charge in [0.2, 0.25) is 0 Å². The van der Waals surface area contributed by atoms with E-state index in [2.05, 4.69) is 10.3 Å². The molecular formula is C12H9ClFN3O3. The number of pyridine rings is 1. The maximum Gasteiger partial charge on any atom is 0.276 e. The third-order valence-electron chi connectivity index (χ3n) is 2.43. The molecule has 6 nitrogen and oxygen atoms in total. The topological polar surface area (TPSA) is 77.3 Å². The Morgan fingerprint density at radius 2 is 2.15 bits per heavy atom. The molecule has 0 spiro atoms. The molecule has 2 aromatic rings. The predicted octanol–water partition coefficient (Wildman–Crippen LogP) is 3.53. The highest BCUT2D eigenvalue weighted by Gasteiger charge is 2.12. The molecule has 0 aliphatic heterocycles. The predicted molar refractivity (Wildman–Crippen MR) is 72.1 cm³/mol. The zero-order chi connectivity index (χ0) is 14.7. The van der Waals surface area contributed by atoms with Gasteiger partial charge < -0.3 is 10.1 Å². The second-order valence-electron chi connectivity index (χ2n) is 3.76. The molecule has 0 amide bonds. The van der Waals surface area contributed by atoms with E-state index in [0.717, 1.165) is 12.1 Å². The molecule has 1 aromatic carbocycles. The average molecular weight is 298 g/mol. The minimum absolute atomic E-state index is 0.0648. The number of nitro groups is 1. The van der Waals surface area contributed by atoms with Crippen LogP contribution in [0.3, 0.4) is 0 Å². The van der Waals surface area contributed by atoms with Crippen molar-refractivity contribution in [1.82, 2.24) is 4.98 Å². The van der Waals surface area contributed by atoms with E-state index in [1.165, 1.54) is 25.3 Å². The second kappa shape index (κ2) is 5.70. The van der Waals surface area contributed by atoms with Crippen LogP contribution >= 0.6 is 11.6 Å². The molecule has 104 valence electrons. The SMILES string of the molecule is COc1ccc(F)c(Nc2cc([N+](=O)[O-])cc(Cl)n2)c1. The Hall–Kier alpha value is -2.41. The van der Waals surface area contributed by atoms with Crippen molar-refractivity contribution in [3.63, 3.8) is 0 Å². The lowest BCUT2D eigenvalue weighted by Crippen LogP contribution is -1.99. The van der Waals surface area contributed by atoms with E-state index >= 15 is 0 Å². The Kier molecular flexibility index (Phi) is 3.99. The summed E-state index contributed by atoms with van der Waals surface area (Å²) in [5.41, 5.74) is -0.163. The van der Waals surface area contributed by atoms with E-state index in [0.29, 0.717) is 5.75 Å². The maximum absolute atomic E-state index is 13.6. The summed E-state index contributed by atoms with van der Waals surface area (Å²) in [6, 6.07) is 6.33. The normalized spacial score (nSPS) is 10.2. The van der Waals surface area contributed by atoms with Crippen LogP contribution in [-0.2, 0) is 0 Å². The molecule has 0 bridgehead atoms. The molecule has 1 heterocycles. The first-order valence-corrected chi connectivity index (χ1v) is 5.80. The van der Waals surface area contributed by atoms with E-state index in [1.54, 1.807) is 0 Å². The molecule has 2 rings (SSSR count). The standard InChI is InChI=1S/C12H9ClFN3O3/c1-20-8-2-3-9(14)10(6-8)15-12-5-7(17(18)19)4-11(13)16-12/h2-6H,1H3,(H,15,16). The van der Waals surface area contributed by atoms with Crippen LogP contribution in [0.4, 0.5) is 21.6 Å². The second-order valence-corrected chi connectivity index (χ2v) is 4.15. The molecule has 20 heavy (non-hydrogen) atoms. The fourth-order valence-corrected chi connectivity index (χ4v) is 1.72. The van der Waals surface area contributed by atoms with Crippen molar-refractivity contribution >= 4 is 28.8 Å². The largest absolute Gasteiger partial charge is 0.497 e. The highest BCUT2D eigenvalue weighted by Crippen LogP contribution is 2.27. The first-order chi connectivity index (χ1) is 9.49. The summed E-state index contributed by atoms with van der Waals surface area (Å²) in [6.45, 7) is 0. The Balaban J connectivity index is 2.36. The zero-order valence-corrected chi connectivity index (χ0v) is 11.0. The summed E-state index contributed by atoms with van der Waals surface area (Å²) < 4.78 is 18.6. The van der Waals surface area contributed by atoms with Crippen molar-refractivity contribution in [1.29, 1.82) is 0 Å². The number of anilines is 2. The number of nitrogens with zero attached hydrogens (tertiary/aromatic N) is 2. The number of aromatic nitrogens is 1. The van der Waals surface area contributed by atoms with Crippen molar-refractivity contribution in [3.05, 3.63) is 51.4 Å². The number of rotatable bonds is 4. The highest BCUT2D eigenvalue weighted by molar-refractivity contribution is 6.29.